The highest BCUT2D eigenvalue weighted by molar-refractivity contribution is 5.82. The highest BCUT2D eigenvalue weighted by Gasteiger charge is 2.47. The molecule has 2 aliphatic heterocycles. The molecule has 6 heteroatoms. The van der Waals surface area contributed by atoms with E-state index >= 15 is 0 Å². The van der Waals surface area contributed by atoms with Gasteiger partial charge in [0.25, 0.3) is 0 Å². The highest BCUT2D eigenvalue weighted by atomic mass is 16.5. The zero-order valence-corrected chi connectivity index (χ0v) is 14.9. The summed E-state index contributed by atoms with van der Waals surface area (Å²) in [4.78, 5) is 17.2. The second kappa shape index (κ2) is 6.15. The molecule has 3 fully saturated rings. The Balaban J connectivity index is 1.34. The first-order valence-corrected chi connectivity index (χ1v) is 9.16. The van der Waals surface area contributed by atoms with E-state index in [2.05, 4.69) is 27.3 Å². The van der Waals surface area contributed by atoms with Crippen LogP contribution in [0, 0.1) is 25.7 Å². The fourth-order valence-corrected chi connectivity index (χ4v) is 4.38. The maximum absolute atomic E-state index is 12.5. The molecular formula is C18H28N4O2. The Bertz CT molecular complexity index is 605. The van der Waals surface area contributed by atoms with Gasteiger partial charge < -0.3 is 9.84 Å². The van der Waals surface area contributed by atoms with Crippen molar-refractivity contribution >= 4 is 5.91 Å². The van der Waals surface area contributed by atoms with Crippen LogP contribution in [0.15, 0.2) is 4.52 Å². The van der Waals surface area contributed by atoms with Gasteiger partial charge in [-0.2, -0.15) is 0 Å². The Morgan fingerprint density at radius 3 is 2.75 bits per heavy atom. The molecule has 4 rings (SSSR count). The number of aromatic nitrogens is 1. The van der Waals surface area contributed by atoms with Crippen molar-refractivity contribution in [1.82, 2.24) is 20.3 Å². The third-order valence-electron chi connectivity index (χ3n) is 6.15. The zero-order valence-electron chi connectivity index (χ0n) is 14.9. The van der Waals surface area contributed by atoms with Gasteiger partial charge in [0.15, 0.2) is 0 Å². The lowest BCUT2D eigenvalue weighted by Crippen LogP contribution is -2.46. The lowest BCUT2D eigenvalue weighted by atomic mass is 10.0. The smallest absolute Gasteiger partial charge is 0.237 e. The Morgan fingerprint density at radius 2 is 2.12 bits per heavy atom. The summed E-state index contributed by atoms with van der Waals surface area (Å²) >= 11 is 0. The van der Waals surface area contributed by atoms with Crippen molar-refractivity contribution in [3.63, 3.8) is 0 Å². The number of fused-ring (bicyclic) bond motifs is 1. The maximum Gasteiger partial charge on any atom is 0.237 e. The predicted molar refractivity (Wildman–Crippen MR) is 90.4 cm³/mol. The summed E-state index contributed by atoms with van der Waals surface area (Å²) in [5, 5.41) is 7.21. The number of aryl methyl sites for hydroxylation is 2. The lowest BCUT2D eigenvalue weighted by Gasteiger charge is -2.26. The molecule has 3 atom stereocenters. The van der Waals surface area contributed by atoms with Gasteiger partial charge in [-0.15, -0.1) is 0 Å². The molecule has 6 nitrogen and oxygen atoms in total. The van der Waals surface area contributed by atoms with Gasteiger partial charge in [0.05, 0.1) is 11.7 Å². The number of likely N-dealkylation sites (N-methyl/N-ethyl adjacent to an activating group) is 1. The van der Waals surface area contributed by atoms with Crippen LogP contribution in [0.2, 0.25) is 0 Å². The minimum Gasteiger partial charge on any atom is -0.361 e. The van der Waals surface area contributed by atoms with E-state index in [4.69, 9.17) is 4.52 Å². The molecule has 1 aliphatic carbocycles. The summed E-state index contributed by atoms with van der Waals surface area (Å²) < 4.78 is 5.28. The Hall–Kier alpha value is -1.40. The Kier molecular flexibility index (Phi) is 4.12. The van der Waals surface area contributed by atoms with Crippen molar-refractivity contribution in [3.8, 4) is 0 Å². The molecule has 3 aliphatic rings. The first-order chi connectivity index (χ1) is 11.5. The first-order valence-electron chi connectivity index (χ1n) is 9.16. The van der Waals surface area contributed by atoms with Gasteiger partial charge in [0.2, 0.25) is 5.91 Å². The van der Waals surface area contributed by atoms with Crippen molar-refractivity contribution in [2.24, 2.45) is 11.8 Å². The number of hydrogen-bond acceptors (Lipinski definition) is 5. The van der Waals surface area contributed by atoms with Crippen LogP contribution in [-0.2, 0) is 11.3 Å². The molecule has 3 heterocycles. The standard InChI is InChI=1S/C18H28N4O2/c1-11-15(12(2)24-20-11)9-22-8-14-6-16(21(3)17(14)10-22)18(23)19-7-13-4-5-13/h13-14,16-17H,4-10H2,1-3H3,(H,19,23)/t14-,16+,17+/m0/s1. The van der Waals surface area contributed by atoms with E-state index in [-0.39, 0.29) is 11.9 Å². The van der Waals surface area contributed by atoms with Crippen LogP contribution in [-0.4, -0.2) is 59.6 Å². The molecule has 2 saturated heterocycles. The number of rotatable bonds is 5. The van der Waals surface area contributed by atoms with Gasteiger partial charge in [-0.25, -0.2) is 0 Å². The maximum atomic E-state index is 12.5. The fourth-order valence-electron chi connectivity index (χ4n) is 4.38. The van der Waals surface area contributed by atoms with Crippen LogP contribution in [0.1, 0.15) is 36.3 Å². The molecule has 1 amide bonds. The fraction of sp³-hybridized carbons (Fsp3) is 0.778. The molecule has 1 saturated carbocycles. The van der Waals surface area contributed by atoms with E-state index in [1.54, 1.807) is 0 Å². The highest BCUT2D eigenvalue weighted by Crippen LogP contribution is 2.36. The van der Waals surface area contributed by atoms with E-state index in [1.807, 2.05) is 13.8 Å². The van der Waals surface area contributed by atoms with Crippen LogP contribution in [0.5, 0.6) is 0 Å². The van der Waals surface area contributed by atoms with Crippen molar-refractivity contribution < 1.29 is 9.32 Å². The topological polar surface area (TPSA) is 61.6 Å². The number of amides is 1. The van der Waals surface area contributed by atoms with Crippen LogP contribution >= 0.6 is 0 Å². The van der Waals surface area contributed by atoms with E-state index < -0.39 is 0 Å². The minimum absolute atomic E-state index is 0.0555. The molecule has 1 aromatic rings. The van der Waals surface area contributed by atoms with E-state index in [0.29, 0.717) is 12.0 Å². The number of nitrogens with zero attached hydrogens (tertiary/aromatic N) is 3. The normalized spacial score (nSPS) is 30.7. The number of carbonyl (C=O) groups excluding carboxylic acids is 1. The molecule has 24 heavy (non-hydrogen) atoms. The second-order valence-electron chi connectivity index (χ2n) is 7.93. The van der Waals surface area contributed by atoms with Crippen LogP contribution in [0.4, 0.5) is 0 Å². The summed E-state index contributed by atoms with van der Waals surface area (Å²) in [6.45, 7) is 7.86. The van der Waals surface area contributed by atoms with Gasteiger partial charge in [-0.05, 0) is 52.0 Å². The Labute approximate surface area is 143 Å². The molecule has 0 spiro atoms. The van der Waals surface area contributed by atoms with Crippen molar-refractivity contribution in [2.75, 3.05) is 26.7 Å². The Morgan fingerprint density at radius 1 is 1.33 bits per heavy atom. The molecule has 132 valence electrons. The van der Waals surface area contributed by atoms with Gasteiger partial charge in [-0.1, -0.05) is 5.16 Å². The zero-order chi connectivity index (χ0) is 16.8. The lowest BCUT2D eigenvalue weighted by molar-refractivity contribution is -0.125. The monoisotopic (exact) mass is 332 g/mol. The van der Waals surface area contributed by atoms with Gasteiger partial charge in [0.1, 0.15) is 5.76 Å². The number of nitrogens with one attached hydrogen (secondary N) is 1. The van der Waals surface area contributed by atoms with Gasteiger partial charge >= 0.3 is 0 Å². The van der Waals surface area contributed by atoms with E-state index in [1.165, 1.54) is 18.4 Å². The van der Waals surface area contributed by atoms with Crippen LogP contribution in [0.3, 0.4) is 0 Å². The minimum atomic E-state index is 0.0555. The molecule has 0 unspecified atom stereocenters. The first kappa shape index (κ1) is 16.1. The molecule has 1 aromatic heterocycles. The second-order valence-corrected chi connectivity index (χ2v) is 7.93. The number of likely N-dealkylation sites (tertiary alicyclic amines) is 2. The van der Waals surface area contributed by atoms with Gasteiger partial charge in [0, 0.05) is 37.8 Å². The molecule has 0 aromatic carbocycles. The SMILES string of the molecule is Cc1noc(C)c1CN1C[C@@H]2C[C@H](C(=O)NCC3CC3)N(C)[C@@H]2C1. The average molecular weight is 332 g/mol. The summed E-state index contributed by atoms with van der Waals surface area (Å²) in [6, 6.07) is 0.544. The average Bonchev–Trinajstić information content (AvgIpc) is 3.13. The largest absolute Gasteiger partial charge is 0.361 e. The third-order valence-corrected chi connectivity index (χ3v) is 6.15. The summed E-state index contributed by atoms with van der Waals surface area (Å²) in [5.74, 6) is 2.49. The van der Waals surface area contributed by atoms with E-state index in [0.717, 1.165) is 50.0 Å². The third kappa shape index (κ3) is 2.97. The number of hydrogen-bond donors (Lipinski definition) is 1. The molecule has 0 radical (unpaired) electrons. The van der Waals surface area contributed by atoms with Crippen molar-refractivity contribution in [1.29, 1.82) is 0 Å². The van der Waals surface area contributed by atoms with Gasteiger partial charge in [-0.3, -0.25) is 14.6 Å². The molecule has 0 bridgehead atoms. The predicted octanol–water partition coefficient (Wildman–Crippen LogP) is 1.32. The summed E-state index contributed by atoms with van der Waals surface area (Å²) in [5.41, 5.74) is 2.21. The van der Waals surface area contributed by atoms with Crippen molar-refractivity contribution in [3.05, 3.63) is 17.0 Å². The summed E-state index contributed by atoms with van der Waals surface area (Å²) in [7, 11) is 2.12. The van der Waals surface area contributed by atoms with Crippen LogP contribution < -0.4 is 5.32 Å². The van der Waals surface area contributed by atoms with Crippen LogP contribution in [0.25, 0.3) is 0 Å². The quantitative estimate of drug-likeness (QED) is 0.881. The van der Waals surface area contributed by atoms with E-state index in [9.17, 15) is 4.79 Å². The molecular weight excluding hydrogens is 304 g/mol. The summed E-state index contributed by atoms with van der Waals surface area (Å²) in [6.07, 6.45) is 3.54. The van der Waals surface area contributed by atoms with Crippen molar-refractivity contribution in [2.45, 2.75) is 51.7 Å². The molecule has 1 N–H and O–H groups in total. The number of carbonyl (C=O) groups is 1.